The molecule has 1 aliphatic heterocycles. The molecule has 2 heterocycles. The molecule has 1 fully saturated rings. The molecule has 1 aromatic carbocycles. The van der Waals surface area contributed by atoms with Crippen LogP contribution in [0.15, 0.2) is 69.0 Å². The van der Waals surface area contributed by atoms with Gasteiger partial charge in [-0.1, -0.05) is 23.7 Å². The number of benzene rings is 1. The minimum atomic E-state index is -0.366. The summed E-state index contributed by atoms with van der Waals surface area (Å²) >= 11 is 6.01. The van der Waals surface area contributed by atoms with Crippen molar-refractivity contribution in [3.63, 3.8) is 0 Å². The molecule has 0 saturated carbocycles. The number of halogens is 1. The Morgan fingerprint density at radius 3 is 2.66 bits per heavy atom. The Bertz CT molecular complexity index is 940. The molecule has 7 heteroatoms. The first kappa shape index (κ1) is 19.5. The first-order valence-electron chi connectivity index (χ1n) is 9.60. The van der Waals surface area contributed by atoms with Crippen molar-refractivity contribution < 1.29 is 13.9 Å². The summed E-state index contributed by atoms with van der Waals surface area (Å²) < 4.78 is 10.6. The van der Waals surface area contributed by atoms with Gasteiger partial charge in [0.25, 0.3) is 0 Å². The van der Waals surface area contributed by atoms with Gasteiger partial charge in [-0.05, 0) is 59.9 Å². The van der Waals surface area contributed by atoms with E-state index >= 15 is 0 Å². The molecular weight excluding hydrogens is 390 g/mol. The van der Waals surface area contributed by atoms with Crippen LogP contribution in [-0.2, 0) is 4.74 Å². The monoisotopic (exact) mass is 411 g/mol. The van der Waals surface area contributed by atoms with Crippen molar-refractivity contribution in [1.29, 1.82) is 0 Å². The van der Waals surface area contributed by atoms with Gasteiger partial charge in [0.1, 0.15) is 0 Å². The van der Waals surface area contributed by atoms with Crippen molar-refractivity contribution >= 4 is 29.8 Å². The van der Waals surface area contributed by atoms with E-state index < -0.39 is 0 Å². The lowest BCUT2D eigenvalue weighted by atomic mass is 10.1. The number of allylic oxidation sites excluding steroid dienone is 2. The average molecular weight is 412 g/mol. The maximum Gasteiger partial charge on any atom is 0.307 e. The summed E-state index contributed by atoms with van der Waals surface area (Å²) in [5, 5.41) is 4.89. The molecule has 1 saturated heterocycles. The Labute approximate surface area is 174 Å². The van der Waals surface area contributed by atoms with E-state index in [0.717, 1.165) is 42.1 Å². The highest BCUT2D eigenvalue weighted by molar-refractivity contribution is 6.30. The zero-order chi connectivity index (χ0) is 20.1. The van der Waals surface area contributed by atoms with Crippen LogP contribution < -0.4 is 5.43 Å². The molecule has 1 aliphatic carbocycles. The number of rotatable bonds is 5. The minimum Gasteiger partial charge on any atom is -0.459 e. The second kappa shape index (κ2) is 9.11. The van der Waals surface area contributed by atoms with Crippen LogP contribution in [0.3, 0.4) is 0 Å². The SMILES string of the molecule is O=C(NN=CC1=C(N2CCOCC2)C(=Cc2ccc(Cl)cc2)CC1)c1ccco1. The van der Waals surface area contributed by atoms with Crippen molar-refractivity contribution in [2.45, 2.75) is 12.8 Å². The van der Waals surface area contributed by atoms with Gasteiger partial charge in [0.05, 0.1) is 25.7 Å². The molecule has 0 radical (unpaired) electrons. The summed E-state index contributed by atoms with van der Waals surface area (Å²) in [7, 11) is 0. The van der Waals surface area contributed by atoms with E-state index in [-0.39, 0.29) is 11.7 Å². The van der Waals surface area contributed by atoms with Crippen LogP contribution in [0.4, 0.5) is 0 Å². The van der Waals surface area contributed by atoms with Crippen LogP contribution >= 0.6 is 11.6 Å². The van der Waals surface area contributed by atoms with Gasteiger partial charge in [-0.2, -0.15) is 5.10 Å². The molecular formula is C22H22ClN3O3. The van der Waals surface area contributed by atoms with E-state index in [1.165, 1.54) is 17.5 Å². The molecule has 0 bridgehead atoms. The van der Waals surface area contributed by atoms with Crippen molar-refractivity contribution in [2.75, 3.05) is 26.3 Å². The largest absolute Gasteiger partial charge is 0.459 e. The second-order valence-electron chi connectivity index (χ2n) is 6.87. The number of carbonyl (C=O) groups is 1. The van der Waals surface area contributed by atoms with Gasteiger partial charge in [-0.3, -0.25) is 4.79 Å². The van der Waals surface area contributed by atoms with Crippen LogP contribution in [0.5, 0.6) is 0 Å². The van der Waals surface area contributed by atoms with E-state index in [9.17, 15) is 4.79 Å². The Morgan fingerprint density at radius 2 is 1.93 bits per heavy atom. The molecule has 1 aromatic heterocycles. The number of morpholine rings is 1. The van der Waals surface area contributed by atoms with Gasteiger partial charge < -0.3 is 14.1 Å². The molecule has 2 aliphatic rings. The van der Waals surface area contributed by atoms with E-state index in [1.807, 2.05) is 24.3 Å². The molecule has 0 spiro atoms. The normalized spacial score (nSPS) is 18.8. The molecule has 0 unspecified atom stereocenters. The number of hydrogen-bond donors (Lipinski definition) is 1. The van der Waals surface area contributed by atoms with Crippen molar-refractivity contribution in [3.05, 3.63) is 75.9 Å². The van der Waals surface area contributed by atoms with Gasteiger partial charge in [-0.15, -0.1) is 0 Å². The summed E-state index contributed by atoms with van der Waals surface area (Å²) in [6, 6.07) is 11.1. The number of hydrogen-bond acceptors (Lipinski definition) is 5. The van der Waals surface area contributed by atoms with Crippen molar-refractivity contribution in [2.24, 2.45) is 5.10 Å². The van der Waals surface area contributed by atoms with Crippen LogP contribution in [0, 0.1) is 0 Å². The zero-order valence-corrected chi connectivity index (χ0v) is 16.7. The first-order valence-corrected chi connectivity index (χ1v) is 9.98. The number of amides is 1. The predicted octanol–water partition coefficient (Wildman–Crippen LogP) is 4.11. The lowest BCUT2D eigenvalue weighted by Crippen LogP contribution is -2.36. The molecule has 1 amide bonds. The van der Waals surface area contributed by atoms with Crippen LogP contribution in [-0.4, -0.2) is 43.3 Å². The van der Waals surface area contributed by atoms with Crippen LogP contribution in [0.2, 0.25) is 5.02 Å². The third kappa shape index (κ3) is 4.78. The smallest absolute Gasteiger partial charge is 0.307 e. The Balaban J connectivity index is 1.58. The van der Waals surface area contributed by atoms with Gasteiger partial charge in [0.15, 0.2) is 5.76 Å². The third-order valence-electron chi connectivity index (χ3n) is 4.94. The second-order valence-corrected chi connectivity index (χ2v) is 7.31. The number of hydrazone groups is 1. The van der Waals surface area contributed by atoms with E-state index in [4.69, 9.17) is 20.8 Å². The Morgan fingerprint density at radius 1 is 1.14 bits per heavy atom. The number of carbonyl (C=O) groups excluding carboxylic acids is 1. The minimum absolute atomic E-state index is 0.235. The fraction of sp³-hybridized carbons (Fsp3) is 0.273. The fourth-order valence-corrected chi connectivity index (χ4v) is 3.69. The topological polar surface area (TPSA) is 67.1 Å². The molecule has 29 heavy (non-hydrogen) atoms. The first-order chi connectivity index (χ1) is 14.2. The molecule has 1 N–H and O–H groups in total. The highest BCUT2D eigenvalue weighted by Gasteiger charge is 2.25. The van der Waals surface area contributed by atoms with Crippen molar-refractivity contribution in [3.8, 4) is 0 Å². The van der Waals surface area contributed by atoms with Crippen LogP contribution in [0.25, 0.3) is 6.08 Å². The Kier molecular flexibility index (Phi) is 6.12. The van der Waals surface area contributed by atoms with Gasteiger partial charge in [-0.25, -0.2) is 5.43 Å². The van der Waals surface area contributed by atoms with E-state index in [0.29, 0.717) is 13.2 Å². The predicted molar refractivity (Wildman–Crippen MR) is 113 cm³/mol. The summed E-state index contributed by atoms with van der Waals surface area (Å²) in [5.41, 5.74) is 7.18. The highest BCUT2D eigenvalue weighted by Crippen LogP contribution is 2.35. The van der Waals surface area contributed by atoms with Gasteiger partial charge >= 0.3 is 5.91 Å². The maximum absolute atomic E-state index is 12.0. The molecule has 4 rings (SSSR count). The summed E-state index contributed by atoms with van der Waals surface area (Å²) in [6.45, 7) is 3.08. The van der Waals surface area contributed by atoms with Crippen molar-refractivity contribution in [1.82, 2.24) is 10.3 Å². The number of ether oxygens (including phenoxy) is 1. The fourth-order valence-electron chi connectivity index (χ4n) is 3.56. The molecule has 0 atom stereocenters. The van der Waals surface area contributed by atoms with Gasteiger partial charge in [0, 0.05) is 23.8 Å². The quantitative estimate of drug-likeness (QED) is 0.593. The molecule has 6 nitrogen and oxygen atoms in total. The average Bonchev–Trinajstić information content (AvgIpc) is 3.41. The lowest BCUT2D eigenvalue weighted by molar-refractivity contribution is 0.0548. The number of nitrogens with one attached hydrogen (secondary N) is 1. The standard InChI is InChI=1S/C22H22ClN3O3/c23-19-7-3-16(4-8-19)14-17-5-6-18(21(17)26-9-12-28-13-10-26)15-24-25-22(27)20-2-1-11-29-20/h1-4,7-8,11,14-15H,5-6,9-10,12-13H2,(H,25,27). The molecule has 2 aromatic rings. The lowest BCUT2D eigenvalue weighted by Gasteiger charge is -2.31. The third-order valence-corrected chi connectivity index (χ3v) is 5.19. The summed E-state index contributed by atoms with van der Waals surface area (Å²) in [6.07, 6.45) is 7.19. The summed E-state index contributed by atoms with van der Waals surface area (Å²) in [4.78, 5) is 14.4. The number of nitrogens with zero attached hydrogens (tertiary/aromatic N) is 2. The number of furan rings is 1. The van der Waals surface area contributed by atoms with E-state index in [2.05, 4.69) is 21.5 Å². The summed E-state index contributed by atoms with van der Waals surface area (Å²) in [5.74, 6) is -0.131. The molecule has 150 valence electrons. The highest BCUT2D eigenvalue weighted by atomic mass is 35.5. The Hall–Kier alpha value is -2.83. The van der Waals surface area contributed by atoms with Gasteiger partial charge in [0.2, 0.25) is 0 Å². The van der Waals surface area contributed by atoms with E-state index in [1.54, 1.807) is 18.3 Å². The van der Waals surface area contributed by atoms with Crippen LogP contribution in [0.1, 0.15) is 29.0 Å². The zero-order valence-electron chi connectivity index (χ0n) is 15.9. The maximum atomic E-state index is 12.0.